The Morgan fingerprint density at radius 3 is 2.62 bits per heavy atom. The molecule has 2 atom stereocenters. The lowest BCUT2D eigenvalue weighted by molar-refractivity contribution is 0.274. The largest absolute Gasteiger partial charge is 0.396 e. The van der Waals surface area contributed by atoms with Gasteiger partial charge in [0.2, 0.25) is 0 Å². The number of nitrogens with zero attached hydrogens (tertiary/aromatic N) is 1. The number of aliphatic hydroxyl groups is 1. The van der Waals surface area contributed by atoms with Crippen molar-refractivity contribution in [3.63, 3.8) is 0 Å². The molecule has 0 radical (unpaired) electrons. The molecule has 2 unspecified atom stereocenters. The Morgan fingerprint density at radius 1 is 1.46 bits per heavy atom. The van der Waals surface area contributed by atoms with E-state index in [1.165, 1.54) is 25.7 Å². The van der Waals surface area contributed by atoms with Crippen LogP contribution in [0.15, 0.2) is 0 Å². The Morgan fingerprint density at radius 2 is 2.15 bits per heavy atom. The van der Waals surface area contributed by atoms with Gasteiger partial charge in [-0.1, -0.05) is 12.8 Å². The maximum absolute atomic E-state index is 9.04. The Kier molecular flexibility index (Phi) is 2.53. The molecule has 0 spiro atoms. The first-order valence-electron chi connectivity index (χ1n) is 5.00. The minimum atomic E-state index is -0.205. The average Bonchev–Trinajstić information content (AvgIpc) is 2.60. The molecule has 1 N–H and O–H groups in total. The first-order valence-corrected chi connectivity index (χ1v) is 5.88. The minimum absolute atomic E-state index is 0.188. The summed E-state index contributed by atoms with van der Waals surface area (Å²) in [6, 6.07) is 2.38. The van der Waals surface area contributed by atoms with E-state index in [0.717, 1.165) is 6.42 Å². The van der Waals surface area contributed by atoms with Gasteiger partial charge in [-0.05, 0) is 19.3 Å². The van der Waals surface area contributed by atoms with Crippen LogP contribution in [-0.2, 0) is 0 Å². The monoisotopic (exact) mass is 197 g/mol. The van der Waals surface area contributed by atoms with Gasteiger partial charge in [-0.25, -0.2) is 0 Å². The van der Waals surface area contributed by atoms with Crippen LogP contribution in [0.5, 0.6) is 0 Å². The number of thioether (sulfide) groups is 1. The molecule has 2 nitrogen and oxygen atoms in total. The van der Waals surface area contributed by atoms with Crippen molar-refractivity contribution in [2.45, 2.75) is 42.1 Å². The van der Waals surface area contributed by atoms with Crippen molar-refractivity contribution < 1.29 is 5.11 Å². The predicted molar refractivity (Wildman–Crippen MR) is 53.4 cm³/mol. The third kappa shape index (κ3) is 1.70. The maximum Gasteiger partial charge on any atom is 0.108 e. The molecule has 0 saturated heterocycles. The third-order valence-electron chi connectivity index (χ3n) is 3.14. The maximum atomic E-state index is 9.04. The van der Waals surface area contributed by atoms with Gasteiger partial charge >= 0.3 is 0 Å². The zero-order valence-corrected chi connectivity index (χ0v) is 8.52. The van der Waals surface area contributed by atoms with Crippen LogP contribution in [0.4, 0.5) is 0 Å². The molecule has 2 fully saturated rings. The SMILES string of the molecule is N#CC1(SC2CCCC2)CC1CO. The highest BCUT2D eigenvalue weighted by Crippen LogP contribution is 2.56. The zero-order valence-electron chi connectivity index (χ0n) is 7.70. The molecule has 2 aliphatic rings. The van der Waals surface area contributed by atoms with Crippen molar-refractivity contribution in [2.75, 3.05) is 6.61 Å². The highest BCUT2D eigenvalue weighted by Gasteiger charge is 2.56. The van der Waals surface area contributed by atoms with Crippen molar-refractivity contribution in [1.82, 2.24) is 0 Å². The summed E-state index contributed by atoms with van der Waals surface area (Å²) in [5.41, 5.74) is 0. The number of nitriles is 1. The van der Waals surface area contributed by atoms with Gasteiger partial charge in [0.1, 0.15) is 4.75 Å². The fourth-order valence-corrected chi connectivity index (χ4v) is 3.91. The lowest BCUT2D eigenvalue weighted by Gasteiger charge is -2.13. The molecule has 0 aromatic carbocycles. The van der Waals surface area contributed by atoms with Crippen LogP contribution in [0.3, 0.4) is 0 Å². The van der Waals surface area contributed by atoms with Crippen LogP contribution in [0.25, 0.3) is 0 Å². The summed E-state index contributed by atoms with van der Waals surface area (Å²) < 4.78 is -0.205. The molecule has 0 aromatic rings. The second kappa shape index (κ2) is 3.51. The van der Waals surface area contributed by atoms with E-state index >= 15 is 0 Å². The van der Waals surface area contributed by atoms with Crippen molar-refractivity contribution >= 4 is 11.8 Å². The second-order valence-electron chi connectivity index (χ2n) is 4.11. The fourth-order valence-electron chi connectivity index (χ4n) is 2.13. The van der Waals surface area contributed by atoms with Gasteiger partial charge in [-0.3, -0.25) is 0 Å². The van der Waals surface area contributed by atoms with E-state index in [2.05, 4.69) is 6.07 Å². The highest BCUT2D eigenvalue weighted by atomic mass is 32.2. The van der Waals surface area contributed by atoms with E-state index in [1.54, 1.807) is 0 Å². The number of hydrogen-bond acceptors (Lipinski definition) is 3. The summed E-state index contributed by atoms with van der Waals surface area (Å²) in [6.07, 6.45) is 6.09. The molecule has 2 aliphatic carbocycles. The topological polar surface area (TPSA) is 44.0 Å². The molecule has 72 valence electrons. The summed E-state index contributed by atoms with van der Waals surface area (Å²) >= 11 is 1.83. The summed E-state index contributed by atoms with van der Waals surface area (Å²) in [7, 11) is 0. The van der Waals surface area contributed by atoms with E-state index in [4.69, 9.17) is 10.4 Å². The average molecular weight is 197 g/mol. The van der Waals surface area contributed by atoms with Crippen LogP contribution >= 0.6 is 11.8 Å². The smallest absolute Gasteiger partial charge is 0.108 e. The quantitative estimate of drug-likeness (QED) is 0.752. The highest BCUT2D eigenvalue weighted by molar-refractivity contribution is 8.01. The van der Waals surface area contributed by atoms with E-state index < -0.39 is 0 Å². The van der Waals surface area contributed by atoms with Gasteiger partial charge in [0.05, 0.1) is 6.07 Å². The number of hydrogen-bond donors (Lipinski definition) is 1. The first-order chi connectivity index (χ1) is 6.30. The van der Waals surface area contributed by atoms with Crippen molar-refractivity contribution in [3.05, 3.63) is 0 Å². The standard InChI is InChI=1S/C10H15NOS/c11-7-10(5-8(10)6-12)13-9-3-1-2-4-9/h8-9,12H,1-6H2. The van der Waals surface area contributed by atoms with Crippen LogP contribution in [-0.4, -0.2) is 21.7 Å². The Hall–Kier alpha value is -0.200. The van der Waals surface area contributed by atoms with Gasteiger partial charge in [-0.15, -0.1) is 11.8 Å². The van der Waals surface area contributed by atoms with Gasteiger partial charge in [-0.2, -0.15) is 5.26 Å². The van der Waals surface area contributed by atoms with Gasteiger partial charge in [0.15, 0.2) is 0 Å². The Balaban J connectivity index is 1.89. The van der Waals surface area contributed by atoms with E-state index in [-0.39, 0.29) is 17.3 Å². The number of rotatable bonds is 3. The summed E-state index contributed by atoms with van der Waals surface area (Å²) in [6.45, 7) is 0.188. The molecule has 0 amide bonds. The van der Waals surface area contributed by atoms with Crippen molar-refractivity contribution in [3.8, 4) is 6.07 Å². The molecule has 3 heteroatoms. The van der Waals surface area contributed by atoms with Crippen LogP contribution < -0.4 is 0 Å². The molecule has 0 aromatic heterocycles. The first kappa shape index (κ1) is 9.36. The van der Waals surface area contributed by atoms with E-state index in [1.807, 2.05) is 11.8 Å². The molecule has 2 rings (SSSR count). The summed E-state index contributed by atoms with van der Waals surface area (Å²) in [5.74, 6) is 0.253. The van der Waals surface area contributed by atoms with E-state index in [0.29, 0.717) is 5.25 Å². The predicted octanol–water partition coefficient (Wildman–Crippen LogP) is 1.94. The van der Waals surface area contributed by atoms with Gasteiger partial charge in [0, 0.05) is 17.8 Å². The van der Waals surface area contributed by atoms with Crippen LogP contribution in [0, 0.1) is 17.2 Å². The lowest BCUT2D eigenvalue weighted by Crippen LogP contribution is -2.11. The van der Waals surface area contributed by atoms with Crippen molar-refractivity contribution in [2.24, 2.45) is 5.92 Å². The number of aliphatic hydroxyl groups excluding tert-OH is 1. The molecule has 0 aliphatic heterocycles. The Bertz CT molecular complexity index is 232. The fraction of sp³-hybridized carbons (Fsp3) is 0.900. The summed E-state index contributed by atoms with van der Waals surface area (Å²) in [5, 5.41) is 18.7. The third-order valence-corrected chi connectivity index (χ3v) is 4.95. The second-order valence-corrected chi connectivity index (χ2v) is 5.74. The van der Waals surface area contributed by atoms with Crippen LogP contribution in [0.1, 0.15) is 32.1 Å². The van der Waals surface area contributed by atoms with Gasteiger partial charge in [0.25, 0.3) is 0 Å². The normalized spacial score (nSPS) is 38.9. The minimum Gasteiger partial charge on any atom is -0.396 e. The van der Waals surface area contributed by atoms with Crippen molar-refractivity contribution in [1.29, 1.82) is 5.26 Å². The molecule has 0 bridgehead atoms. The van der Waals surface area contributed by atoms with E-state index in [9.17, 15) is 0 Å². The molecule has 13 heavy (non-hydrogen) atoms. The molecular weight excluding hydrogens is 182 g/mol. The molecule has 0 heterocycles. The lowest BCUT2D eigenvalue weighted by atomic mass is 10.3. The Labute approximate surface area is 83.3 Å². The zero-order chi connectivity index (χ0) is 9.31. The summed E-state index contributed by atoms with van der Waals surface area (Å²) in [4.78, 5) is 0. The van der Waals surface area contributed by atoms with Crippen LogP contribution in [0.2, 0.25) is 0 Å². The van der Waals surface area contributed by atoms with Gasteiger partial charge < -0.3 is 5.11 Å². The molecule has 2 saturated carbocycles. The molecular formula is C10H15NOS.